The summed E-state index contributed by atoms with van der Waals surface area (Å²) in [6.07, 6.45) is 67.4. The lowest BCUT2D eigenvalue weighted by atomic mass is 10.0. The first kappa shape index (κ1) is 65.9. The first-order valence-electron chi connectivity index (χ1n) is 30.3. The molecule has 0 aliphatic rings. The second kappa shape index (κ2) is 57.5. The van der Waals surface area contributed by atoms with Crippen molar-refractivity contribution < 1.29 is 28.6 Å². The summed E-state index contributed by atoms with van der Waals surface area (Å²) < 4.78 is 16.9. The van der Waals surface area contributed by atoms with Gasteiger partial charge in [0.1, 0.15) is 13.2 Å². The third-order valence-electron chi connectivity index (χ3n) is 13.7. The molecule has 0 saturated heterocycles. The topological polar surface area (TPSA) is 78.9 Å². The van der Waals surface area contributed by atoms with Crippen molar-refractivity contribution in [2.45, 2.75) is 341 Å². The number of ether oxygens (including phenoxy) is 3. The van der Waals surface area contributed by atoms with Gasteiger partial charge in [-0.2, -0.15) is 0 Å². The molecule has 6 nitrogen and oxygen atoms in total. The van der Waals surface area contributed by atoms with E-state index in [0.29, 0.717) is 19.3 Å². The van der Waals surface area contributed by atoms with Crippen LogP contribution in [-0.4, -0.2) is 37.2 Å². The van der Waals surface area contributed by atoms with E-state index in [2.05, 4.69) is 45.1 Å². The van der Waals surface area contributed by atoms with Crippen LogP contribution in [0.2, 0.25) is 0 Å². The molecule has 1 atom stereocenters. The zero-order valence-electron chi connectivity index (χ0n) is 45.9. The van der Waals surface area contributed by atoms with Gasteiger partial charge in [-0.3, -0.25) is 14.4 Å². The minimum absolute atomic E-state index is 0.0698. The van der Waals surface area contributed by atoms with Crippen LogP contribution in [0.1, 0.15) is 335 Å². The number of unbranched alkanes of at least 4 members (excludes halogenated alkanes) is 41. The van der Waals surface area contributed by atoms with Gasteiger partial charge in [-0.05, 0) is 44.9 Å². The quantitative estimate of drug-likeness (QED) is 0.0262. The van der Waals surface area contributed by atoms with Crippen molar-refractivity contribution in [3.63, 3.8) is 0 Å². The van der Waals surface area contributed by atoms with Crippen LogP contribution in [0.3, 0.4) is 0 Å². The third-order valence-corrected chi connectivity index (χ3v) is 13.7. The molecule has 0 bridgehead atoms. The second-order valence-corrected chi connectivity index (χ2v) is 20.6. The number of hydrogen-bond acceptors (Lipinski definition) is 6. The molecule has 0 N–H and O–H groups in total. The van der Waals surface area contributed by atoms with Gasteiger partial charge in [0, 0.05) is 19.3 Å². The first-order valence-corrected chi connectivity index (χ1v) is 30.3. The minimum atomic E-state index is -0.772. The van der Waals surface area contributed by atoms with E-state index in [-0.39, 0.29) is 31.1 Å². The lowest BCUT2D eigenvalue weighted by Gasteiger charge is -2.18. The molecule has 400 valence electrons. The van der Waals surface area contributed by atoms with Crippen LogP contribution in [-0.2, 0) is 28.6 Å². The molecule has 0 aliphatic carbocycles. The van der Waals surface area contributed by atoms with Gasteiger partial charge in [-0.1, -0.05) is 295 Å². The molecule has 0 amide bonds. The van der Waals surface area contributed by atoms with Gasteiger partial charge >= 0.3 is 17.9 Å². The van der Waals surface area contributed by atoms with Gasteiger partial charge in [0.25, 0.3) is 0 Å². The summed E-state index contributed by atoms with van der Waals surface area (Å²) in [5, 5.41) is 0. The minimum Gasteiger partial charge on any atom is -0.462 e. The summed E-state index contributed by atoms with van der Waals surface area (Å²) in [5.41, 5.74) is 0. The Morgan fingerprint density at radius 2 is 0.544 bits per heavy atom. The Balaban J connectivity index is 4.31. The SMILES string of the molecule is CCCC/C=C\C/C=C\CCCCCCCC(=O)OCC(COC(=O)CCCCCCCCCCCCCCCCCCCC)OC(=O)CCCCCCCCCCCCCCCCCCCC. The number of carbonyl (C=O) groups excluding carboxylic acids is 3. The van der Waals surface area contributed by atoms with Crippen LogP contribution in [0.15, 0.2) is 24.3 Å². The molecule has 0 aromatic heterocycles. The van der Waals surface area contributed by atoms with Crippen LogP contribution < -0.4 is 0 Å². The van der Waals surface area contributed by atoms with E-state index >= 15 is 0 Å². The lowest BCUT2D eigenvalue weighted by Crippen LogP contribution is -2.30. The van der Waals surface area contributed by atoms with Crippen molar-refractivity contribution >= 4 is 17.9 Å². The van der Waals surface area contributed by atoms with Gasteiger partial charge < -0.3 is 14.2 Å². The smallest absolute Gasteiger partial charge is 0.306 e. The highest BCUT2D eigenvalue weighted by Crippen LogP contribution is 2.18. The summed E-state index contributed by atoms with van der Waals surface area (Å²) in [4.78, 5) is 38.2. The van der Waals surface area contributed by atoms with Gasteiger partial charge in [-0.15, -0.1) is 0 Å². The lowest BCUT2D eigenvalue weighted by molar-refractivity contribution is -0.167. The number of rotatable bonds is 56. The van der Waals surface area contributed by atoms with Crippen LogP contribution >= 0.6 is 0 Å². The molecule has 0 heterocycles. The van der Waals surface area contributed by atoms with Crippen molar-refractivity contribution in [3.8, 4) is 0 Å². The normalized spacial score (nSPS) is 12.1. The Labute approximate surface area is 423 Å². The van der Waals surface area contributed by atoms with E-state index in [4.69, 9.17) is 14.2 Å². The van der Waals surface area contributed by atoms with Gasteiger partial charge in [0.05, 0.1) is 0 Å². The predicted octanol–water partition coefficient (Wildman–Crippen LogP) is 20.3. The van der Waals surface area contributed by atoms with Crippen LogP contribution in [0, 0.1) is 0 Å². The molecule has 1 unspecified atom stereocenters. The highest BCUT2D eigenvalue weighted by Gasteiger charge is 2.19. The molecule has 0 saturated carbocycles. The largest absolute Gasteiger partial charge is 0.462 e. The predicted molar refractivity (Wildman–Crippen MR) is 293 cm³/mol. The number of carbonyl (C=O) groups is 3. The zero-order chi connectivity index (χ0) is 49.3. The Morgan fingerprint density at radius 3 is 0.853 bits per heavy atom. The summed E-state index contributed by atoms with van der Waals surface area (Å²) in [6.45, 7) is 6.65. The standard InChI is InChI=1S/C62H116O6/c1-4-7-10-13-16-19-22-25-28-30-32-34-37-40-43-46-49-52-55-61(64)67-58-59(57-66-60(63)54-51-48-45-42-39-36-27-24-21-18-15-12-9-6-3)68-62(65)56-53-50-47-44-41-38-35-33-31-29-26-23-20-17-14-11-8-5-2/h15,18,24,27,59H,4-14,16-17,19-23,25-26,28-58H2,1-3H3/b18-15-,27-24-. The maximum atomic E-state index is 12.9. The number of esters is 3. The molecule has 0 aromatic rings. The first-order chi connectivity index (χ1) is 33.5. The van der Waals surface area contributed by atoms with Gasteiger partial charge in [0.15, 0.2) is 6.10 Å². The molecule has 0 radical (unpaired) electrons. The molecule has 0 rings (SSSR count). The maximum Gasteiger partial charge on any atom is 0.306 e. The average molecular weight is 958 g/mol. The van der Waals surface area contributed by atoms with Gasteiger partial charge in [0.2, 0.25) is 0 Å². The summed E-state index contributed by atoms with van der Waals surface area (Å²) in [7, 11) is 0. The van der Waals surface area contributed by atoms with E-state index in [1.165, 1.54) is 218 Å². The van der Waals surface area contributed by atoms with Gasteiger partial charge in [-0.25, -0.2) is 0 Å². The molecule has 68 heavy (non-hydrogen) atoms. The molecular formula is C62H116O6. The molecule has 0 aromatic carbocycles. The van der Waals surface area contributed by atoms with Crippen molar-refractivity contribution in [2.75, 3.05) is 13.2 Å². The van der Waals surface area contributed by atoms with E-state index in [9.17, 15) is 14.4 Å². The van der Waals surface area contributed by atoms with Crippen molar-refractivity contribution in [3.05, 3.63) is 24.3 Å². The van der Waals surface area contributed by atoms with Crippen molar-refractivity contribution in [1.82, 2.24) is 0 Å². The summed E-state index contributed by atoms with van der Waals surface area (Å²) in [6, 6.07) is 0. The molecule has 0 fully saturated rings. The fourth-order valence-electron chi connectivity index (χ4n) is 9.11. The Morgan fingerprint density at radius 1 is 0.294 bits per heavy atom. The van der Waals surface area contributed by atoms with Crippen LogP contribution in [0.5, 0.6) is 0 Å². The van der Waals surface area contributed by atoms with E-state index in [0.717, 1.165) is 77.0 Å². The number of allylic oxidation sites excluding steroid dienone is 4. The zero-order valence-corrected chi connectivity index (χ0v) is 45.9. The molecule has 6 heteroatoms. The monoisotopic (exact) mass is 957 g/mol. The highest BCUT2D eigenvalue weighted by atomic mass is 16.6. The van der Waals surface area contributed by atoms with E-state index in [1.54, 1.807) is 0 Å². The fourth-order valence-corrected chi connectivity index (χ4v) is 9.11. The second-order valence-electron chi connectivity index (χ2n) is 20.6. The van der Waals surface area contributed by atoms with Crippen LogP contribution in [0.25, 0.3) is 0 Å². The molecule has 0 aliphatic heterocycles. The summed E-state index contributed by atoms with van der Waals surface area (Å²) in [5.74, 6) is -0.859. The number of hydrogen-bond donors (Lipinski definition) is 0. The van der Waals surface area contributed by atoms with E-state index < -0.39 is 6.10 Å². The fraction of sp³-hybridized carbons (Fsp3) is 0.887. The average Bonchev–Trinajstić information content (AvgIpc) is 3.34. The Hall–Kier alpha value is -2.11. The molecule has 0 spiro atoms. The Kier molecular flexibility index (Phi) is 55.7. The molecular weight excluding hydrogens is 841 g/mol. The maximum absolute atomic E-state index is 12.9. The third kappa shape index (κ3) is 54.8. The summed E-state index contributed by atoms with van der Waals surface area (Å²) >= 11 is 0. The Bertz CT molecular complexity index is 1100. The highest BCUT2D eigenvalue weighted by molar-refractivity contribution is 5.71. The van der Waals surface area contributed by atoms with Crippen molar-refractivity contribution in [1.29, 1.82) is 0 Å². The van der Waals surface area contributed by atoms with Crippen LogP contribution in [0.4, 0.5) is 0 Å². The van der Waals surface area contributed by atoms with E-state index in [1.807, 2.05) is 0 Å². The van der Waals surface area contributed by atoms with Crippen molar-refractivity contribution in [2.24, 2.45) is 0 Å².